The lowest BCUT2D eigenvalue weighted by atomic mass is 9.87. The van der Waals surface area contributed by atoms with E-state index in [2.05, 4.69) is 0 Å². The van der Waals surface area contributed by atoms with Crippen molar-refractivity contribution < 1.29 is 9.50 Å². The van der Waals surface area contributed by atoms with Crippen LogP contribution in [0.5, 0.6) is 0 Å². The number of hydrogen-bond donors (Lipinski definition) is 1. The Bertz CT molecular complexity index is 635. The van der Waals surface area contributed by atoms with Crippen molar-refractivity contribution >= 4 is 11.6 Å². The van der Waals surface area contributed by atoms with E-state index in [0.717, 1.165) is 16.7 Å². The Kier molecular flexibility index (Phi) is 4.17. The molecule has 0 saturated heterocycles. The molecule has 0 aliphatic heterocycles. The molecular weight excluding hydrogens is 275 g/mol. The third kappa shape index (κ3) is 3.20. The van der Waals surface area contributed by atoms with E-state index in [0.29, 0.717) is 6.42 Å². The fourth-order valence-electron chi connectivity index (χ4n) is 2.23. The molecule has 106 valence electrons. The third-order valence-electron chi connectivity index (χ3n) is 3.66. The molecule has 0 amide bonds. The lowest BCUT2D eigenvalue weighted by Crippen LogP contribution is -2.24. The molecule has 0 heterocycles. The Morgan fingerprint density at radius 3 is 2.40 bits per heavy atom. The van der Waals surface area contributed by atoms with E-state index in [9.17, 15) is 9.50 Å². The van der Waals surface area contributed by atoms with Gasteiger partial charge in [-0.1, -0.05) is 35.9 Å². The van der Waals surface area contributed by atoms with Crippen molar-refractivity contribution in [3.05, 3.63) is 69.5 Å². The maximum absolute atomic E-state index is 13.5. The molecule has 1 unspecified atom stereocenters. The van der Waals surface area contributed by atoms with Gasteiger partial charge in [-0.15, -0.1) is 0 Å². The van der Waals surface area contributed by atoms with E-state index < -0.39 is 11.4 Å². The van der Waals surface area contributed by atoms with E-state index in [1.807, 2.05) is 32.0 Å². The van der Waals surface area contributed by atoms with Gasteiger partial charge in [-0.05, 0) is 55.2 Å². The van der Waals surface area contributed by atoms with Crippen LogP contribution in [0.25, 0.3) is 0 Å². The Morgan fingerprint density at radius 2 is 1.80 bits per heavy atom. The molecule has 20 heavy (non-hydrogen) atoms. The molecule has 2 rings (SSSR count). The predicted molar refractivity (Wildman–Crippen MR) is 80.6 cm³/mol. The van der Waals surface area contributed by atoms with Gasteiger partial charge in [-0.3, -0.25) is 0 Å². The number of hydrogen-bond acceptors (Lipinski definition) is 1. The maximum Gasteiger partial charge on any atom is 0.142 e. The first-order chi connectivity index (χ1) is 9.29. The normalized spacial score (nSPS) is 14.1. The Balaban J connectivity index is 2.29. The van der Waals surface area contributed by atoms with Crippen LogP contribution in [0.3, 0.4) is 0 Å². The summed E-state index contributed by atoms with van der Waals surface area (Å²) in [6, 6.07) is 10.5. The van der Waals surface area contributed by atoms with Crippen LogP contribution in [0.15, 0.2) is 36.4 Å². The predicted octanol–water partition coefficient (Wildman–Crippen LogP) is 4.55. The quantitative estimate of drug-likeness (QED) is 0.880. The lowest BCUT2D eigenvalue weighted by molar-refractivity contribution is 0.0575. The van der Waals surface area contributed by atoms with Crippen molar-refractivity contribution in [3.8, 4) is 0 Å². The minimum absolute atomic E-state index is 0.0968. The van der Waals surface area contributed by atoms with Crippen molar-refractivity contribution in [2.45, 2.75) is 32.8 Å². The summed E-state index contributed by atoms with van der Waals surface area (Å²) in [5, 5.41) is 10.8. The van der Waals surface area contributed by atoms with Gasteiger partial charge >= 0.3 is 0 Å². The fraction of sp³-hybridized carbons (Fsp3) is 0.294. The van der Waals surface area contributed by atoms with Crippen LogP contribution in [0.4, 0.5) is 4.39 Å². The summed E-state index contributed by atoms with van der Waals surface area (Å²) in [6.45, 7) is 5.78. The molecule has 0 saturated carbocycles. The maximum atomic E-state index is 13.5. The molecule has 0 aliphatic rings. The van der Waals surface area contributed by atoms with Crippen molar-refractivity contribution in [1.29, 1.82) is 0 Å². The highest BCUT2D eigenvalue weighted by atomic mass is 35.5. The van der Waals surface area contributed by atoms with Gasteiger partial charge < -0.3 is 5.11 Å². The number of benzene rings is 2. The van der Waals surface area contributed by atoms with Crippen LogP contribution in [0.1, 0.15) is 29.2 Å². The molecule has 0 bridgehead atoms. The smallest absolute Gasteiger partial charge is 0.142 e. The second-order valence-electron chi connectivity index (χ2n) is 5.50. The molecule has 1 atom stereocenters. The average molecular weight is 293 g/mol. The van der Waals surface area contributed by atoms with Crippen LogP contribution < -0.4 is 0 Å². The number of aryl methyl sites for hydroxylation is 2. The lowest BCUT2D eigenvalue weighted by Gasteiger charge is -2.25. The highest BCUT2D eigenvalue weighted by Gasteiger charge is 2.24. The van der Waals surface area contributed by atoms with E-state index >= 15 is 0 Å². The van der Waals surface area contributed by atoms with Gasteiger partial charge in [0.2, 0.25) is 0 Å². The minimum Gasteiger partial charge on any atom is -0.385 e. The zero-order chi connectivity index (χ0) is 14.9. The average Bonchev–Trinajstić information content (AvgIpc) is 2.37. The molecule has 1 nitrogen and oxygen atoms in total. The molecule has 0 aromatic heterocycles. The number of halogens is 2. The van der Waals surface area contributed by atoms with Crippen molar-refractivity contribution in [1.82, 2.24) is 0 Å². The van der Waals surface area contributed by atoms with Gasteiger partial charge in [-0.2, -0.15) is 0 Å². The monoisotopic (exact) mass is 292 g/mol. The van der Waals surface area contributed by atoms with Crippen LogP contribution in [-0.4, -0.2) is 5.11 Å². The standard InChI is InChI=1S/C17H18ClFO/c1-11-4-6-14(8-12(11)2)17(3,20)10-13-5-7-15(18)16(19)9-13/h4-9,20H,10H2,1-3H3. The topological polar surface area (TPSA) is 20.2 Å². The van der Waals surface area contributed by atoms with Crippen LogP contribution in [0, 0.1) is 19.7 Å². The highest BCUT2D eigenvalue weighted by Crippen LogP contribution is 2.28. The van der Waals surface area contributed by atoms with Gasteiger partial charge in [0.1, 0.15) is 5.82 Å². The Morgan fingerprint density at radius 1 is 1.10 bits per heavy atom. The molecule has 0 spiro atoms. The summed E-state index contributed by atoms with van der Waals surface area (Å²) in [4.78, 5) is 0. The van der Waals surface area contributed by atoms with Crippen molar-refractivity contribution in [2.24, 2.45) is 0 Å². The second-order valence-corrected chi connectivity index (χ2v) is 5.91. The molecule has 2 aromatic rings. The minimum atomic E-state index is -1.04. The van der Waals surface area contributed by atoms with E-state index in [1.165, 1.54) is 17.7 Å². The highest BCUT2D eigenvalue weighted by molar-refractivity contribution is 6.30. The third-order valence-corrected chi connectivity index (χ3v) is 3.97. The van der Waals surface area contributed by atoms with Crippen LogP contribution in [0.2, 0.25) is 5.02 Å². The van der Waals surface area contributed by atoms with Crippen LogP contribution >= 0.6 is 11.6 Å². The molecule has 0 fully saturated rings. The summed E-state index contributed by atoms with van der Waals surface area (Å²) >= 11 is 5.67. The largest absolute Gasteiger partial charge is 0.385 e. The Hall–Kier alpha value is -1.38. The first kappa shape index (κ1) is 15.0. The second kappa shape index (κ2) is 5.55. The van der Waals surface area contributed by atoms with Crippen molar-refractivity contribution in [3.63, 3.8) is 0 Å². The van der Waals surface area contributed by atoms with Gasteiger partial charge in [0, 0.05) is 6.42 Å². The first-order valence-corrected chi connectivity index (χ1v) is 6.91. The van der Waals surface area contributed by atoms with Gasteiger partial charge in [-0.25, -0.2) is 4.39 Å². The summed E-state index contributed by atoms with van der Waals surface area (Å²) in [5.41, 5.74) is 2.82. The van der Waals surface area contributed by atoms with Crippen LogP contribution in [-0.2, 0) is 12.0 Å². The molecule has 0 aliphatic carbocycles. The summed E-state index contributed by atoms with van der Waals surface area (Å²) in [5.74, 6) is -0.458. The summed E-state index contributed by atoms with van der Waals surface area (Å²) in [7, 11) is 0. The van der Waals surface area contributed by atoms with E-state index in [1.54, 1.807) is 13.0 Å². The Labute approximate surface area is 124 Å². The van der Waals surface area contributed by atoms with E-state index in [-0.39, 0.29) is 5.02 Å². The van der Waals surface area contributed by atoms with E-state index in [4.69, 9.17) is 11.6 Å². The zero-order valence-corrected chi connectivity index (χ0v) is 12.6. The molecule has 0 radical (unpaired) electrons. The SMILES string of the molecule is Cc1ccc(C(C)(O)Cc2ccc(Cl)c(F)c2)cc1C. The molecule has 1 N–H and O–H groups in total. The number of aliphatic hydroxyl groups is 1. The first-order valence-electron chi connectivity index (χ1n) is 6.53. The van der Waals surface area contributed by atoms with Gasteiger partial charge in [0.15, 0.2) is 0 Å². The fourth-order valence-corrected chi connectivity index (χ4v) is 2.34. The number of rotatable bonds is 3. The van der Waals surface area contributed by atoms with Gasteiger partial charge in [0.25, 0.3) is 0 Å². The summed E-state index contributed by atoms with van der Waals surface area (Å²) in [6.07, 6.45) is 0.337. The molecular formula is C17H18ClFO. The zero-order valence-electron chi connectivity index (χ0n) is 11.9. The van der Waals surface area contributed by atoms with Crippen molar-refractivity contribution in [2.75, 3.05) is 0 Å². The molecule has 2 aromatic carbocycles. The summed E-state index contributed by atoms with van der Waals surface area (Å²) < 4.78 is 13.5. The molecule has 3 heteroatoms. The van der Waals surface area contributed by atoms with Gasteiger partial charge in [0.05, 0.1) is 10.6 Å².